The third-order valence-electron chi connectivity index (χ3n) is 2.52. The van der Waals surface area contributed by atoms with E-state index in [4.69, 9.17) is 10.5 Å². The van der Waals surface area contributed by atoms with E-state index in [0.29, 0.717) is 13.2 Å². The van der Waals surface area contributed by atoms with Crippen LogP contribution in [0.1, 0.15) is 0 Å². The lowest BCUT2D eigenvalue weighted by molar-refractivity contribution is 0.333. The van der Waals surface area contributed by atoms with Crippen molar-refractivity contribution in [3.05, 3.63) is 54.1 Å². The van der Waals surface area contributed by atoms with Crippen LogP contribution < -0.4 is 15.8 Å². The number of para-hydroxylation sites is 1. The number of hydrogen-bond donors (Lipinski definition) is 2. The number of rotatable bonds is 5. The fraction of sp³-hybridized carbons (Fsp3) is 0.143. The number of hydrogen-bond acceptors (Lipinski definition) is 3. The highest BCUT2D eigenvalue weighted by Crippen LogP contribution is 2.23. The van der Waals surface area contributed by atoms with Crippen LogP contribution in [0.2, 0.25) is 0 Å². The summed E-state index contributed by atoms with van der Waals surface area (Å²) in [6.45, 7) is 0.754. The molecule has 0 aromatic heterocycles. The Balaban J connectivity index is 1.86. The van der Waals surface area contributed by atoms with Crippen LogP contribution in [0.3, 0.4) is 0 Å². The van der Waals surface area contributed by atoms with Gasteiger partial charge in [0.1, 0.15) is 18.2 Å². The minimum atomic E-state index is -0.772. The first-order valence-corrected chi connectivity index (χ1v) is 5.83. The van der Waals surface area contributed by atoms with Gasteiger partial charge >= 0.3 is 0 Å². The van der Waals surface area contributed by atoms with Gasteiger partial charge < -0.3 is 15.8 Å². The summed E-state index contributed by atoms with van der Waals surface area (Å²) < 4.78 is 31.6. The van der Waals surface area contributed by atoms with Crippen molar-refractivity contribution >= 4 is 11.4 Å². The Morgan fingerprint density at radius 2 is 1.84 bits per heavy atom. The molecule has 2 aromatic carbocycles. The second-order valence-electron chi connectivity index (χ2n) is 3.94. The molecule has 5 heteroatoms. The summed E-state index contributed by atoms with van der Waals surface area (Å²) in [5.41, 5.74) is 5.63. The van der Waals surface area contributed by atoms with Crippen molar-refractivity contribution in [2.75, 3.05) is 24.2 Å². The van der Waals surface area contributed by atoms with E-state index in [-0.39, 0.29) is 11.4 Å². The lowest BCUT2D eigenvalue weighted by atomic mass is 10.2. The van der Waals surface area contributed by atoms with Gasteiger partial charge in [-0.2, -0.15) is 0 Å². The minimum Gasteiger partial charge on any atom is -0.492 e. The first kappa shape index (κ1) is 13.1. The normalized spacial score (nSPS) is 10.2. The summed E-state index contributed by atoms with van der Waals surface area (Å²) in [5.74, 6) is -0.702. The van der Waals surface area contributed by atoms with Crippen molar-refractivity contribution in [1.82, 2.24) is 0 Å². The summed E-state index contributed by atoms with van der Waals surface area (Å²) in [4.78, 5) is 0. The summed E-state index contributed by atoms with van der Waals surface area (Å²) >= 11 is 0. The van der Waals surface area contributed by atoms with E-state index in [9.17, 15) is 8.78 Å². The van der Waals surface area contributed by atoms with Crippen molar-refractivity contribution in [3.63, 3.8) is 0 Å². The number of nitrogens with two attached hydrogens (primary N) is 1. The fourth-order valence-electron chi connectivity index (χ4n) is 1.60. The van der Waals surface area contributed by atoms with Crippen LogP contribution >= 0.6 is 0 Å². The Kier molecular flexibility index (Phi) is 4.18. The van der Waals surface area contributed by atoms with Crippen molar-refractivity contribution in [2.45, 2.75) is 0 Å². The topological polar surface area (TPSA) is 47.3 Å². The van der Waals surface area contributed by atoms with Crippen molar-refractivity contribution in [1.29, 1.82) is 0 Å². The zero-order valence-electron chi connectivity index (χ0n) is 10.2. The van der Waals surface area contributed by atoms with Gasteiger partial charge in [0.25, 0.3) is 0 Å². The zero-order chi connectivity index (χ0) is 13.7. The molecule has 0 aliphatic carbocycles. The molecule has 0 aliphatic heterocycles. The molecule has 0 saturated heterocycles. The van der Waals surface area contributed by atoms with Gasteiger partial charge in [0.15, 0.2) is 5.82 Å². The number of nitrogen functional groups attached to an aromatic ring is 1. The molecule has 2 rings (SSSR count). The van der Waals surface area contributed by atoms with Crippen LogP contribution in [-0.4, -0.2) is 13.2 Å². The van der Waals surface area contributed by atoms with Crippen molar-refractivity contribution in [3.8, 4) is 5.75 Å². The molecule has 3 N–H and O–H groups in total. The number of anilines is 2. The maximum absolute atomic E-state index is 13.2. The molecule has 100 valence electrons. The Hall–Kier alpha value is -2.30. The average molecular weight is 264 g/mol. The molecule has 0 atom stereocenters. The standard InChI is InChI=1S/C14H14F2N2O/c15-10-8-12(16)14(17)13(9-10)18-6-7-19-11-4-2-1-3-5-11/h1-5,8-9,18H,6-7,17H2. The molecule has 0 amide bonds. The lowest BCUT2D eigenvalue weighted by Crippen LogP contribution is -2.13. The predicted octanol–water partition coefficient (Wildman–Crippen LogP) is 3.04. The first-order chi connectivity index (χ1) is 9.16. The smallest absolute Gasteiger partial charge is 0.151 e. The van der Waals surface area contributed by atoms with Crippen molar-refractivity contribution in [2.24, 2.45) is 0 Å². The zero-order valence-corrected chi connectivity index (χ0v) is 10.2. The van der Waals surface area contributed by atoms with Gasteiger partial charge in [-0.1, -0.05) is 18.2 Å². The molecule has 3 nitrogen and oxygen atoms in total. The second kappa shape index (κ2) is 6.04. The van der Waals surface area contributed by atoms with Crippen molar-refractivity contribution < 1.29 is 13.5 Å². The van der Waals surface area contributed by atoms with E-state index < -0.39 is 11.6 Å². The molecular weight excluding hydrogens is 250 g/mol. The molecule has 0 spiro atoms. The van der Waals surface area contributed by atoms with E-state index in [0.717, 1.165) is 17.9 Å². The average Bonchev–Trinajstić information content (AvgIpc) is 2.41. The SMILES string of the molecule is Nc1c(F)cc(F)cc1NCCOc1ccccc1. The minimum absolute atomic E-state index is 0.0962. The molecule has 0 heterocycles. The molecule has 0 radical (unpaired) electrons. The van der Waals surface area contributed by atoms with Crippen LogP contribution in [0.4, 0.5) is 20.2 Å². The van der Waals surface area contributed by atoms with Crippen LogP contribution in [-0.2, 0) is 0 Å². The molecule has 0 fully saturated rings. The molecule has 0 aliphatic rings. The maximum atomic E-state index is 13.2. The van der Waals surface area contributed by atoms with Crippen LogP contribution in [0.15, 0.2) is 42.5 Å². The summed E-state index contributed by atoms with van der Waals surface area (Å²) in [5, 5.41) is 2.83. The van der Waals surface area contributed by atoms with E-state index in [2.05, 4.69) is 5.32 Å². The maximum Gasteiger partial charge on any atom is 0.151 e. The Labute approximate surface area is 110 Å². The molecule has 2 aromatic rings. The Morgan fingerprint density at radius 3 is 2.58 bits per heavy atom. The van der Waals surface area contributed by atoms with Gasteiger partial charge in [0.2, 0.25) is 0 Å². The van der Waals surface area contributed by atoms with Gasteiger partial charge in [0.05, 0.1) is 11.4 Å². The third kappa shape index (κ3) is 3.58. The number of ether oxygens (including phenoxy) is 1. The van der Waals surface area contributed by atoms with E-state index >= 15 is 0 Å². The van der Waals surface area contributed by atoms with E-state index in [1.807, 2.05) is 30.3 Å². The monoisotopic (exact) mass is 264 g/mol. The molecule has 0 saturated carbocycles. The first-order valence-electron chi connectivity index (χ1n) is 5.83. The Morgan fingerprint density at radius 1 is 1.11 bits per heavy atom. The van der Waals surface area contributed by atoms with E-state index in [1.165, 1.54) is 0 Å². The second-order valence-corrected chi connectivity index (χ2v) is 3.94. The van der Waals surface area contributed by atoms with Gasteiger partial charge in [0, 0.05) is 12.6 Å². The Bertz CT molecular complexity index is 547. The van der Waals surface area contributed by atoms with Gasteiger partial charge in [-0.25, -0.2) is 8.78 Å². The van der Waals surface area contributed by atoms with Gasteiger partial charge in [-0.15, -0.1) is 0 Å². The number of benzene rings is 2. The largest absolute Gasteiger partial charge is 0.492 e. The fourth-order valence-corrected chi connectivity index (χ4v) is 1.60. The summed E-state index contributed by atoms with van der Waals surface area (Å²) in [6.07, 6.45) is 0. The van der Waals surface area contributed by atoms with Gasteiger partial charge in [-0.3, -0.25) is 0 Å². The number of halogens is 2. The molecule has 0 unspecified atom stereocenters. The highest BCUT2D eigenvalue weighted by Gasteiger charge is 2.07. The highest BCUT2D eigenvalue weighted by molar-refractivity contribution is 5.66. The third-order valence-corrected chi connectivity index (χ3v) is 2.52. The predicted molar refractivity (Wildman–Crippen MR) is 71.2 cm³/mol. The molecule has 0 bridgehead atoms. The van der Waals surface area contributed by atoms with Crippen LogP contribution in [0, 0.1) is 11.6 Å². The molecule has 19 heavy (non-hydrogen) atoms. The van der Waals surface area contributed by atoms with Crippen LogP contribution in [0.25, 0.3) is 0 Å². The lowest BCUT2D eigenvalue weighted by Gasteiger charge is -2.11. The van der Waals surface area contributed by atoms with E-state index in [1.54, 1.807) is 0 Å². The quantitative estimate of drug-likeness (QED) is 0.644. The molecular formula is C14H14F2N2O. The van der Waals surface area contributed by atoms with Crippen LogP contribution in [0.5, 0.6) is 5.75 Å². The van der Waals surface area contributed by atoms with Gasteiger partial charge in [-0.05, 0) is 18.2 Å². The summed E-state index contributed by atoms with van der Waals surface area (Å²) in [6, 6.07) is 11.2. The summed E-state index contributed by atoms with van der Waals surface area (Å²) in [7, 11) is 0. The highest BCUT2D eigenvalue weighted by atomic mass is 19.1. The number of nitrogens with one attached hydrogen (secondary N) is 1.